The Hall–Kier alpha value is -1.98. The number of fused-ring (bicyclic) bond motifs is 1. The molecular formula is C8H8N4O2. The first-order valence-electron chi connectivity index (χ1n) is 4.14. The molecule has 1 N–H and O–H groups in total. The van der Waals surface area contributed by atoms with Crippen molar-refractivity contribution in [1.29, 1.82) is 0 Å². The van der Waals surface area contributed by atoms with E-state index in [1.165, 1.54) is 6.33 Å². The van der Waals surface area contributed by atoms with E-state index in [-0.39, 0.29) is 5.69 Å². The maximum atomic E-state index is 11.4. The Morgan fingerprint density at radius 2 is 2.50 bits per heavy atom. The number of carbonyl (C=O) groups is 1. The predicted octanol–water partition coefficient (Wildman–Crippen LogP) is 0.530. The Balaban J connectivity index is 2.47. The van der Waals surface area contributed by atoms with Gasteiger partial charge < -0.3 is 4.74 Å². The summed E-state index contributed by atoms with van der Waals surface area (Å²) in [4.78, 5) is 19.1. The van der Waals surface area contributed by atoms with Gasteiger partial charge in [0.15, 0.2) is 5.69 Å². The highest BCUT2D eigenvalue weighted by Gasteiger charge is 2.15. The number of rotatable bonds is 2. The fourth-order valence-electron chi connectivity index (χ4n) is 1.11. The molecule has 0 saturated carbocycles. The minimum absolute atomic E-state index is 0.198. The molecular weight excluding hydrogens is 184 g/mol. The van der Waals surface area contributed by atoms with Gasteiger partial charge in [0, 0.05) is 0 Å². The monoisotopic (exact) mass is 192 g/mol. The van der Waals surface area contributed by atoms with Crippen LogP contribution in [0.5, 0.6) is 0 Å². The first-order valence-corrected chi connectivity index (χ1v) is 4.14. The molecule has 72 valence electrons. The van der Waals surface area contributed by atoms with Crippen LogP contribution in [0.25, 0.3) is 11.0 Å². The molecule has 2 aromatic heterocycles. The molecule has 0 atom stereocenters. The lowest BCUT2D eigenvalue weighted by Crippen LogP contribution is -2.05. The summed E-state index contributed by atoms with van der Waals surface area (Å²) >= 11 is 0. The van der Waals surface area contributed by atoms with Crippen LogP contribution >= 0.6 is 0 Å². The van der Waals surface area contributed by atoms with Gasteiger partial charge in [0.1, 0.15) is 17.4 Å². The van der Waals surface area contributed by atoms with Crippen molar-refractivity contribution in [3.8, 4) is 0 Å². The van der Waals surface area contributed by atoms with Crippen molar-refractivity contribution in [2.24, 2.45) is 0 Å². The number of aromatic amines is 1. The number of esters is 1. The number of hydrogen-bond acceptors (Lipinski definition) is 5. The van der Waals surface area contributed by atoms with Crippen LogP contribution in [0.3, 0.4) is 0 Å². The third kappa shape index (κ3) is 1.30. The highest BCUT2D eigenvalue weighted by molar-refractivity contribution is 5.99. The topological polar surface area (TPSA) is 80.8 Å². The minimum atomic E-state index is -0.475. The number of nitrogens with one attached hydrogen (secondary N) is 1. The second kappa shape index (κ2) is 3.41. The van der Waals surface area contributed by atoms with E-state index in [0.717, 1.165) is 0 Å². The molecule has 6 nitrogen and oxygen atoms in total. The number of carbonyl (C=O) groups excluding carboxylic acids is 1. The smallest absolute Gasteiger partial charge is 0.361 e. The molecule has 0 aliphatic heterocycles. The first kappa shape index (κ1) is 8.61. The molecule has 2 aromatic rings. The van der Waals surface area contributed by atoms with Crippen LogP contribution in [0.4, 0.5) is 0 Å². The zero-order chi connectivity index (χ0) is 9.97. The molecule has 2 rings (SSSR count). The van der Waals surface area contributed by atoms with Gasteiger partial charge >= 0.3 is 5.97 Å². The summed E-state index contributed by atoms with van der Waals surface area (Å²) in [6.45, 7) is 2.06. The average molecular weight is 192 g/mol. The molecule has 2 heterocycles. The van der Waals surface area contributed by atoms with Gasteiger partial charge in [-0.3, -0.25) is 5.10 Å². The lowest BCUT2D eigenvalue weighted by Gasteiger charge is -1.96. The summed E-state index contributed by atoms with van der Waals surface area (Å²) in [5.74, 6) is -0.475. The molecule has 14 heavy (non-hydrogen) atoms. The lowest BCUT2D eigenvalue weighted by atomic mass is 10.3. The van der Waals surface area contributed by atoms with E-state index in [9.17, 15) is 4.79 Å². The van der Waals surface area contributed by atoms with Gasteiger partial charge in [-0.05, 0) is 6.92 Å². The Bertz CT molecular complexity index is 465. The van der Waals surface area contributed by atoms with Crippen LogP contribution in [-0.4, -0.2) is 32.7 Å². The number of H-pyrrole nitrogens is 1. The molecule has 0 amide bonds. The van der Waals surface area contributed by atoms with Gasteiger partial charge in [-0.2, -0.15) is 5.10 Å². The van der Waals surface area contributed by atoms with Gasteiger partial charge in [0.05, 0.1) is 12.8 Å². The van der Waals surface area contributed by atoms with Crippen LogP contribution in [-0.2, 0) is 4.74 Å². The quantitative estimate of drug-likeness (QED) is 0.702. The summed E-state index contributed by atoms with van der Waals surface area (Å²) in [6, 6.07) is 0. The molecule has 0 spiro atoms. The molecule has 0 aliphatic rings. The Morgan fingerprint density at radius 3 is 3.29 bits per heavy atom. The third-order valence-electron chi connectivity index (χ3n) is 1.69. The fourth-order valence-corrected chi connectivity index (χ4v) is 1.11. The number of nitrogens with zero attached hydrogens (tertiary/aromatic N) is 3. The normalized spacial score (nSPS) is 10.4. The Kier molecular flexibility index (Phi) is 2.10. The van der Waals surface area contributed by atoms with Gasteiger partial charge in [0.25, 0.3) is 0 Å². The standard InChI is InChI=1S/C8H8N4O2/c1-2-14-8(13)7-6-5(11-12-7)3-9-4-10-6/h3-4H,2H2,1H3,(H,11,12). The zero-order valence-electron chi connectivity index (χ0n) is 7.52. The van der Waals surface area contributed by atoms with Crippen molar-refractivity contribution in [2.45, 2.75) is 6.92 Å². The van der Waals surface area contributed by atoms with Gasteiger partial charge in [0.2, 0.25) is 0 Å². The van der Waals surface area contributed by atoms with E-state index in [2.05, 4.69) is 20.2 Å². The minimum Gasteiger partial charge on any atom is -0.461 e. The molecule has 0 bridgehead atoms. The van der Waals surface area contributed by atoms with E-state index in [1.54, 1.807) is 13.1 Å². The molecule has 0 fully saturated rings. The predicted molar refractivity (Wildman–Crippen MR) is 47.6 cm³/mol. The summed E-state index contributed by atoms with van der Waals surface area (Å²) in [5, 5.41) is 6.46. The van der Waals surface area contributed by atoms with Crippen LogP contribution in [0, 0.1) is 0 Å². The maximum Gasteiger partial charge on any atom is 0.361 e. The van der Waals surface area contributed by atoms with E-state index < -0.39 is 5.97 Å². The Morgan fingerprint density at radius 1 is 1.64 bits per heavy atom. The summed E-state index contributed by atoms with van der Waals surface area (Å²) in [7, 11) is 0. The van der Waals surface area contributed by atoms with Crippen molar-refractivity contribution in [3.63, 3.8) is 0 Å². The van der Waals surface area contributed by atoms with Gasteiger partial charge in [-0.25, -0.2) is 14.8 Å². The van der Waals surface area contributed by atoms with Crippen LogP contribution in [0.15, 0.2) is 12.5 Å². The van der Waals surface area contributed by atoms with Gasteiger partial charge in [-0.15, -0.1) is 0 Å². The number of aromatic nitrogens is 4. The molecule has 0 aromatic carbocycles. The van der Waals surface area contributed by atoms with Crippen LogP contribution in [0.2, 0.25) is 0 Å². The van der Waals surface area contributed by atoms with E-state index in [1.807, 2.05) is 0 Å². The van der Waals surface area contributed by atoms with Crippen LogP contribution in [0.1, 0.15) is 17.4 Å². The van der Waals surface area contributed by atoms with E-state index in [0.29, 0.717) is 17.6 Å². The summed E-state index contributed by atoms with van der Waals surface area (Å²) in [5.41, 5.74) is 1.30. The largest absolute Gasteiger partial charge is 0.461 e. The molecule has 0 unspecified atom stereocenters. The van der Waals surface area contributed by atoms with Gasteiger partial charge in [-0.1, -0.05) is 0 Å². The van der Waals surface area contributed by atoms with E-state index >= 15 is 0 Å². The second-order valence-electron chi connectivity index (χ2n) is 2.58. The van der Waals surface area contributed by atoms with Crippen molar-refractivity contribution in [1.82, 2.24) is 20.2 Å². The molecule has 0 saturated heterocycles. The van der Waals surface area contributed by atoms with Crippen molar-refractivity contribution < 1.29 is 9.53 Å². The molecule has 0 radical (unpaired) electrons. The highest BCUT2D eigenvalue weighted by atomic mass is 16.5. The Labute approximate surface area is 79.3 Å². The first-order chi connectivity index (χ1) is 6.83. The van der Waals surface area contributed by atoms with Crippen molar-refractivity contribution >= 4 is 17.0 Å². The number of ether oxygens (including phenoxy) is 1. The maximum absolute atomic E-state index is 11.4. The third-order valence-corrected chi connectivity index (χ3v) is 1.69. The summed E-state index contributed by atoms with van der Waals surface area (Å²) < 4.78 is 4.81. The SMILES string of the molecule is CCOC(=O)c1n[nH]c2cncnc12. The molecule has 6 heteroatoms. The highest BCUT2D eigenvalue weighted by Crippen LogP contribution is 2.11. The molecule has 0 aliphatic carbocycles. The fraction of sp³-hybridized carbons (Fsp3) is 0.250. The van der Waals surface area contributed by atoms with Crippen molar-refractivity contribution in [3.05, 3.63) is 18.2 Å². The zero-order valence-corrected chi connectivity index (χ0v) is 7.52. The lowest BCUT2D eigenvalue weighted by molar-refractivity contribution is 0.0521. The average Bonchev–Trinajstić information content (AvgIpc) is 2.61. The summed E-state index contributed by atoms with van der Waals surface area (Å²) in [6.07, 6.45) is 2.92. The van der Waals surface area contributed by atoms with Crippen LogP contribution < -0.4 is 0 Å². The second-order valence-corrected chi connectivity index (χ2v) is 2.58. The number of hydrogen-bond donors (Lipinski definition) is 1. The van der Waals surface area contributed by atoms with E-state index in [4.69, 9.17) is 4.74 Å². The van der Waals surface area contributed by atoms with Crippen molar-refractivity contribution in [2.75, 3.05) is 6.61 Å².